The molecule has 0 radical (unpaired) electrons. The van der Waals surface area contributed by atoms with Crippen LogP contribution in [0.25, 0.3) is 0 Å². The molecule has 1 aromatic rings. The van der Waals surface area contributed by atoms with E-state index >= 15 is 0 Å². The third-order valence-corrected chi connectivity index (χ3v) is 4.00. The Hall–Kier alpha value is -1.84. The lowest BCUT2D eigenvalue weighted by atomic mass is 9.94. The summed E-state index contributed by atoms with van der Waals surface area (Å²) in [4.78, 5) is 22.9. The summed E-state index contributed by atoms with van der Waals surface area (Å²) < 4.78 is 0. The van der Waals surface area contributed by atoms with Crippen LogP contribution in [0, 0.1) is 11.3 Å². The van der Waals surface area contributed by atoms with E-state index in [0.29, 0.717) is 11.3 Å². The number of carbonyl (C=O) groups is 2. The molecule has 4 heteroatoms. The fraction of sp³-hybridized carbons (Fsp3) is 0.529. The van der Waals surface area contributed by atoms with Crippen molar-refractivity contribution in [3.63, 3.8) is 0 Å². The first-order valence-corrected chi connectivity index (χ1v) is 7.49. The van der Waals surface area contributed by atoms with E-state index in [2.05, 4.69) is 19.2 Å². The maximum atomic E-state index is 12.0. The van der Waals surface area contributed by atoms with Gasteiger partial charge < -0.3 is 10.4 Å². The first-order valence-electron chi connectivity index (χ1n) is 7.49. The lowest BCUT2D eigenvalue weighted by molar-refractivity contribution is -0.120. The second-order valence-electron chi connectivity index (χ2n) is 6.56. The van der Waals surface area contributed by atoms with Crippen molar-refractivity contribution >= 4 is 11.9 Å². The quantitative estimate of drug-likeness (QED) is 0.811. The highest BCUT2D eigenvalue weighted by Gasteiger charge is 2.42. The Kier molecular flexibility index (Phi) is 4.66. The van der Waals surface area contributed by atoms with Gasteiger partial charge in [0, 0.05) is 6.54 Å². The van der Waals surface area contributed by atoms with E-state index in [1.54, 1.807) is 18.2 Å². The molecule has 0 saturated heterocycles. The number of amides is 1. The lowest BCUT2D eigenvalue weighted by Gasteiger charge is -2.18. The van der Waals surface area contributed by atoms with Gasteiger partial charge in [0.15, 0.2) is 0 Å². The van der Waals surface area contributed by atoms with Crippen LogP contribution in [0.1, 0.15) is 49.0 Å². The number of nitrogens with one attached hydrogen (secondary N) is 1. The SMILES string of the molecule is CC(C)CC1(CNC(=O)Cc2cccc(C(=O)O)c2)CC1. The van der Waals surface area contributed by atoms with Gasteiger partial charge in [-0.05, 0) is 48.3 Å². The van der Waals surface area contributed by atoms with Gasteiger partial charge >= 0.3 is 5.97 Å². The van der Waals surface area contributed by atoms with Crippen molar-refractivity contribution in [3.05, 3.63) is 35.4 Å². The zero-order chi connectivity index (χ0) is 15.5. The molecule has 2 rings (SSSR count). The summed E-state index contributed by atoms with van der Waals surface area (Å²) in [6.45, 7) is 5.15. The van der Waals surface area contributed by atoms with Gasteiger partial charge in [-0.2, -0.15) is 0 Å². The van der Waals surface area contributed by atoms with Crippen LogP contribution in [0.3, 0.4) is 0 Å². The third-order valence-electron chi connectivity index (χ3n) is 4.00. The van der Waals surface area contributed by atoms with E-state index in [4.69, 9.17) is 5.11 Å². The molecule has 2 N–H and O–H groups in total. The van der Waals surface area contributed by atoms with Gasteiger partial charge in [0.25, 0.3) is 0 Å². The Morgan fingerprint density at radius 3 is 2.62 bits per heavy atom. The van der Waals surface area contributed by atoms with Crippen molar-refractivity contribution in [2.24, 2.45) is 11.3 Å². The van der Waals surface area contributed by atoms with Crippen LogP contribution in [0.2, 0.25) is 0 Å². The normalized spacial score (nSPS) is 15.8. The molecule has 1 aliphatic carbocycles. The van der Waals surface area contributed by atoms with Gasteiger partial charge in [-0.3, -0.25) is 4.79 Å². The number of carbonyl (C=O) groups excluding carboxylic acids is 1. The first kappa shape index (κ1) is 15.5. The zero-order valence-electron chi connectivity index (χ0n) is 12.7. The van der Waals surface area contributed by atoms with Gasteiger partial charge in [-0.1, -0.05) is 26.0 Å². The maximum absolute atomic E-state index is 12.0. The van der Waals surface area contributed by atoms with E-state index < -0.39 is 5.97 Å². The monoisotopic (exact) mass is 289 g/mol. The number of aromatic carboxylic acids is 1. The average molecular weight is 289 g/mol. The largest absolute Gasteiger partial charge is 0.478 e. The van der Waals surface area contributed by atoms with Crippen LogP contribution >= 0.6 is 0 Å². The predicted octanol–water partition coefficient (Wildman–Crippen LogP) is 2.87. The van der Waals surface area contributed by atoms with Crippen molar-refractivity contribution in [2.45, 2.75) is 39.5 Å². The van der Waals surface area contributed by atoms with Crippen molar-refractivity contribution in [3.8, 4) is 0 Å². The molecule has 0 spiro atoms. The molecule has 1 amide bonds. The Morgan fingerprint density at radius 2 is 2.05 bits per heavy atom. The number of carboxylic acids is 1. The summed E-state index contributed by atoms with van der Waals surface area (Å²) >= 11 is 0. The highest BCUT2D eigenvalue weighted by Crippen LogP contribution is 2.49. The summed E-state index contributed by atoms with van der Waals surface area (Å²) in [5, 5.41) is 11.9. The highest BCUT2D eigenvalue weighted by molar-refractivity contribution is 5.88. The molecule has 0 heterocycles. The molecular weight excluding hydrogens is 266 g/mol. The van der Waals surface area contributed by atoms with Crippen molar-refractivity contribution in [2.75, 3.05) is 6.54 Å². The molecular formula is C17H23NO3. The predicted molar refractivity (Wildman–Crippen MR) is 81.2 cm³/mol. The molecule has 1 aromatic carbocycles. The van der Waals surface area contributed by atoms with Gasteiger partial charge in [0.05, 0.1) is 12.0 Å². The molecule has 0 unspecified atom stereocenters. The molecule has 1 fully saturated rings. The van der Waals surface area contributed by atoms with Gasteiger partial charge in [-0.25, -0.2) is 4.79 Å². The van der Waals surface area contributed by atoms with Crippen molar-refractivity contribution in [1.29, 1.82) is 0 Å². The molecule has 114 valence electrons. The maximum Gasteiger partial charge on any atom is 0.335 e. The molecule has 21 heavy (non-hydrogen) atoms. The summed E-state index contributed by atoms with van der Waals surface area (Å²) in [6.07, 6.45) is 3.78. The summed E-state index contributed by atoms with van der Waals surface area (Å²) in [5.41, 5.74) is 1.27. The minimum Gasteiger partial charge on any atom is -0.478 e. The van der Waals surface area contributed by atoms with Crippen molar-refractivity contribution < 1.29 is 14.7 Å². The molecule has 0 aliphatic heterocycles. The molecule has 1 saturated carbocycles. The van der Waals surface area contributed by atoms with Gasteiger partial charge in [0.1, 0.15) is 0 Å². The molecule has 0 aromatic heterocycles. The number of hydrogen-bond donors (Lipinski definition) is 2. The fourth-order valence-corrected chi connectivity index (χ4v) is 2.84. The van der Waals surface area contributed by atoms with Gasteiger partial charge in [-0.15, -0.1) is 0 Å². The number of benzene rings is 1. The molecule has 1 aliphatic rings. The number of carboxylic acid groups (broad SMARTS) is 1. The van der Waals surface area contributed by atoms with E-state index in [1.807, 2.05) is 0 Å². The average Bonchev–Trinajstić information content (AvgIpc) is 3.16. The van der Waals surface area contributed by atoms with Crippen LogP contribution in [-0.2, 0) is 11.2 Å². The standard InChI is InChI=1S/C17H23NO3/c1-12(2)10-17(6-7-17)11-18-15(19)9-13-4-3-5-14(8-13)16(20)21/h3-5,8,12H,6-7,9-11H2,1-2H3,(H,18,19)(H,20,21). The lowest BCUT2D eigenvalue weighted by Crippen LogP contribution is -2.32. The number of rotatable bonds is 7. The van der Waals surface area contributed by atoms with Crippen LogP contribution in [0.15, 0.2) is 24.3 Å². The zero-order valence-corrected chi connectivity index (χ0v) is 12.7. The second kappa shape index (κ2) is 6.29. The summed E-state index contributed by atoms with van der Waals surface area (Å²) in [7, 11) is 0. The Balaban J connectivity index is 1.85. The van der Waals surface area contributed by atoms with Crippen LogP contribution in [0.4, 0.5) is 0 Å². The summed E-state index contributed by atoms with van der Waals surface area (Å²) in [6, 6.07) is 6.55. The topological polar surface area (TPSA) is 66.4 Å². The van der Waals surface area contributed by atoms with Crippen LogP contribution in [0.5, 0.6) is 0 Å². The third kappa shape index (κ3) is 4.59. The first-order chi connectivity index (χ1) is 9.90. The minimum atomic E-state index is -0.967. The van der Waals surface area contributed by atoms with Crippen LogP contribution < -0.4 is 5.32 Å². The van der Waals surface area contributed by atoms with E-state index in [9.17, 15) is 9.59 Å². The molecule has 0 bridgehead atoms. The highest BCUT2D eigenvalue weighted by atomic mass is 16.4. The Morgan fingerprint density at radius 1 is 1.33 bits per heavy atom. The second-order valence-corrected chi connectivity index (χ2v) is 6.56. The van der Waals surface area contributed by atoms with Crippen molar-refractivity contribution in [1.82, 2.24) is 5.32 Å². The summed E-state index contributed by atoms with van der Waals surface area (Å²) in [5.74, 6) is -0.352. The van der Waals surface area contributed by atoms with E-state index in [0.717, 1.165) is 18.5 Å². The smallest absolute Gasteiger partial charge is 0.335 e. The number of hydrogen-bond acceptors (Lipinski definition) is 2. The Labute approximate surface area is 125 Å². The van der Waals surface area contributed by atoms with Gasteiger partial charge in [0.2, 0.25) is 5.91 Å². The van der Waals surface area contributed by atoms with E-state index in [-0.39, 0.29) is 17.9 Å². The minimum absolute atomic E-state index is 0.0347. The molecule has 4 nitrogen and oxygen atoms in total. The Bertz CT molecular complexity index is 533. The fourth-order valence-electron chi connectivity index (χ4n) is 2.84. The van der Waals surface area contributed by atoms with E-state index in [1.165, 1.54) is 18.9 Å². The molecule has 0 atom stereocenters. The van der Waals surface area contributed by atoms with Crippen LogP contribution in [-0.4, -0.2) is 23.5 Å².